The summed E-state index contributed by atoms with van der Waals surface area (Å²) in [6, 6.07) is 9.65. The Morgan fingerprint density at radius 2 is 1.91 bits per heavy atom. The summed E-state index contributed by atoms with van der Waals surface area (Å²) in [5.41, 5.74) is 0.668. The SMILES string of the molecule is O=C(c1ccc2c(c1)OCO2)N1CCN(Cc2cccs2)CC1. The van der Waals surface area contributed by atoms with Crippen LogP contribution in [0.5, 0.6) is 11.5 Å². The topological polar surface area (TPSA) is 42.0 Å². The molecule has 1 aromatic carbocycles. The van der Waals surface area contributed by atoms with Crippen LogP contribution in [0, 0.1) is 0 Å². The Labute approximate surface area is 139 Å². The van der Waals surface area contributed by atoms with Gasteiger partial charge in [0.1, 0.15) is 0 Å². The average molecular weight is 330 g/mol. The molecule has 0 atom stereocenters. The molecular formula is C17H18N2O3S. The van der Waals surface area contributed by atoms with Crippen molar-refractivity contribution >= 4 is 17.2 Å². The van der Waals surface area contributed by atoms with Gasteiger partial charge >= 0.3 is 0 Å². The van der Waals surface area contributed by atoms with E-state index >= 15 is 0 Å². The van der Waals surface area contributed by atoms with E-state index in [0.29, 0.717) is 17.1 Å². The zero-order valence-electron chi connectivity index (χ0n) is 12.7. The highest BCUT2D eigenvalue weighted by atomic mass is 32.1. The molecule has 23 heavy (non-hydrogen) atoms. The van der Waals surface area contributed by atoms with E-state index in [1.165, 1.54) is 4.88 Å². The number of piperazine rings is 1. The van der Waals surface area contributed by atoms with Gasteiger partial charge in [0.05, 0.1) is 0 Å². The number of hydrogen-bond acceptors (Lipinski definition) is 5. The number of nitrogens with zero attached hydrogens (tertiary/aromatic N) is 2. The molecule has 0 bridgehead atoms. The first-order chi connectivity index (χ1) is 11.3. The summed E-state index contributed by atoms with van der Waals surface area (Å²) < 4.78 is 10.6. The number of benzene rings is 1. The number of thiophene rings is 1. The standard InChI is InChI=1S/C17H18N2O3S/c20-17(13-3-4-15-16(10-13)22-12-21-15)19-7-5-18(6-8-19)11-14-2-1-9-23-14/h1-4,9-10H,5-8,11-12H2. The summed E-state index contributed by atoms with van der Waals surface area (Å²) in [5.74, 6) is 1.44. The summed E-state index contributed by atoms with van der Waals surface area (Å²) in [4.78, 5) is 18.3. The summed E-state index contributed by atoms with van der Waals surface area (Å²) in [6.07, 6.45) is 0. The lowest BCUT2D eigenvalue weighted by molar-refractivity contribution is 0.0629. The molecule has 0 unspecified atom stereocenters. The Hall–Kier alpha value is -2.05. The maximum atomic E-state index is 12.6. The van der Waals surface area contributed by atoms with Crippen LogP contribution >= 0.6 is 11.3 Å². The second-order valence-electron chi connectivity index (χ2n) is 5.72. The van der Waals surface area contributed by atoms with E-state index in [4.69, 9.17) is 9.47 Å². The van der Waals surface area contributed by atoms with E-state index in [-0.39, 0.29) is 12.7 Å². The number of carbonyl (C=O) groups is 1. The van der Waals surface area contributed by atoms with E-state index in [1.807, 2.05) is 17.0 Å². The van der Waals surface area contributed by atoms with Gasteiger partial charge in [-0.05, 0) is 29.6 Å². The van der Waals surface area contributed by atoms with Crippen molar-refractivity contribution in [3.05, 3.63) is 46.2 Å². The minimum absolute atomic E-state index is 0.0686. The minimum atomic E-state index is 0.0686. The third-order valence-corrected chi connectivity index (χ3v) is 5.10. The third-order valence-electron chi connectivity index (χ3n) is 4.24. The van der Waals surface area contributed by atoms with E-state index in [0.717, 1.165) is 32.7 Å². The average Bonchev–Trinajstić information content (AvgIpc) is 3.25. The molecule has 2 aliphatic rings. The minimum Gasteiger partial charge on any atom is -0.454 e. The van der Waals surface area contributed by atoms with Crippen LogP contribution in [0.2, 0.25) is 0 Å². The van der Waals surface area contributed by atoms with E-state index in [2.05, 4.69) is 22.4 Å². The van der Waals surface area contributed by atoms with Crippen molar-refractivity contribution < 1.29 is 14.3 Å². The highest BCUT2D eigenvalue weighted by Gasteiger charge is 2.24. The lowest BCUT2D eigenvalue weighted by Gasteiger charge is -2.34. The fraction of sp³-hybridized carbons (Fsp3) is 0.353. The first-order valence-corrected chi connectivity index (χ1v) is 8.61. The van der Waals surface area contributed by atoms with Gasteiger partial charge < -0.3 is 14.4 Å². The number of ether oxygens (including phenoxy) is 2. The summed E-state index contributed by atoms with van der Waals surface area (Å²) >= 11 is 1.78. The van der Waals surface area contributed by atoms with E-state index < -0.39 is 0 Å². The largest absolute Gasteiger partial charge is 0.454 e. The van der Waals surface area contributed by atoms with E-state index in [1.54, 1.807) is 17.4 Å². The van der Waals surface area contributed by atoms with Crippen LogP contribution in [0.3, 0.4) is 0 Å². The fourth-order valence-electron chi connectivity index (χ4n) is 2.94. The normalized spacial score (nSPS) is 17.5. The smallest absolute Gasteiger partial charge is 0.254 e. The summed E-state index contributed by atoms with van der Waals surface area (Å²) in [7, 11) is 0. The molecule has 0 aliphatic carbocycles. The summed E-state index contributed by atoms with van der Waals surface area (Å²) in [5, 5.41) is 2.11. The monoisotopic (exact) mass is 330 g/mol. The Balaban J connectivity index is 1.37. The van der Waals surface area contributed by atoms with Crippen molar-refractivity contribution in [2.75, 3.05) is 33.0 Å². The molecule has 4 rings (SSSR count). The quantitative estimate of drug-likeness (QED) is 0.867. The molecule has 1 fully saturated rings. The fourth-order valence-corrected chi connectivity index (χ4v) is 3.69. The molecule has 0 N–H and O–H groups in total. The molecule has 6 heteroatoms. The Morgan fingerprint density at radius 1 is 1.09 bits per heavy atom. The van der Waals surface area contributed by atoms with Gasteiger partial charge in [-0.25, -0.2) is 0 Å². The van der Waals surface area contributed by atoms with Gasteiger partial charge in [-0.2, -0.15) is 0 Å². The molecule has 1 saturated heterocycles. The highest BCUT2D eigenvalue weighted by molar-refractivity contribution is 7.09. The summed E-state index contributed by atoms with van der Waals surface area (Å²) in [6.45, 7) is 4.55. The molecule has 0 spiro atoms. The van der Waals surface area contributed by atoms with Gasteiger partial charge in [-0.1, -0.05) is 6.07 Å². The van der Waals surface area contributed by atoms with Crippen LogP contribution in [-0.2, 0) is 6.54 Å². The second kappa shape index (κ2) is 6.22. The zero-order valence-corrected chi connectivity index (χ0v) is 13.6. The van der Waals surface area contributed by atoms with Gasteiger partial charge in [-0.3, -0.25) is 9.69 Å². The highest BCUT2D eigenvalue weighted by Crippen LogP contribution is 2.32. The van der Waals surface area contributed by atoms with Crippen LogP contribution < -0.4 is 9.47 Å². The van der Waals surface area contributed by atoms with Crippen LogP contribution in [0.4, 0.5) is 0 Å². The Morgan fingerprint density at radius 3 is 2.70 bits per heavy atom. The van der Waals surface area contributed by atoms with Gasteiger partial charge in [-0.15, -0.1) is 11.3 Å². The maximum Gasteiger partial charge on any atom is 0.254 e. The number of fused-ring (bicyclic) bond motifs is 1. The second-order valence-corrected chi connectivity index (χ2v) is 6.75. The lowest BCUT2D eigenvalue weighted by Crippen LogP contribution is -2.48. The molecule has 2 aliphatic heterocycles. The van der Waals surface area contributed by atoms with Gasteiger partial charge in [0.2, 0.25) is 6.79 Å². The number of rotatable bonds is 3. The van der Waals surface area contributed by atoms with Crippen molar-refractivity contribution in [1.82, 2.24) is 9.80 Å². The first kappa shape index (κ1) is 14.5. The number of carbonyl (C=O) groups excluding carboxylic acids is 1. The van der Waals surface area contributed by atoms with Gasteiger partial charge in [0.15, 0.2) is 11.5 Å². The molecule has 120 valence electrons. The third kappa shape index (κ3) is 3.04. The molecule has 0 radical (unpaired) electrons. The Bertz CT molecular complexity index is 694. The predicted molar refractivity (Wildman–Crippen MR) is 88.1 cm³/mol. The van der Waals surface area contributed by atoms with Gasteiger partial charge in [0, 0.05) is 43.2 Å². The van der Waals surface area contributed by atoms with Crippen molar-refractivity contribution in [2.24, 2.45) is 0 Å². The van der Waals surface area contributed by atoms with Crippen LogP contribution in [0.1, 0.15) is 15.2 Å². The van der Waals surface area contributed by atoms with Gasteiger partial charge in [0.25, 0.3) is 5.91 Å². The number of amides is 1. The molecule has 0 saturated carbocycles. The first-order valence-electron chi connectivity index (χ1n) is 7.73. The predicted octanol–water partition coefficient (Wildman–Crippen LogP) is 2.43. The molecular weight excluding hydrogens is 312 g/mol. The molecule has 3 heterocycles. The Kier molecular flexibility index (Phi) is 3.93. The maximum absolute atomic E-state index is 12.6. The van der Waals surface area contributed by atoms with Crippen molar-refractivity contribution in [3.8, 4) is 11.5 Å². The zero-order chi connectivity index (χ0) is 15.6. The van der Waals surface area contributed by atoms with Crippen LogP contribution in [0.15, 0.2) is 35.7 Å². The van der Waals surface area contributed by atoms with Crippen LogP contribution in [0.25, 0.3) is 0 Å². The van der Waals surface area contributed by atoms with E-state index in [9.17, 15) is 4.79 Å². The lowest BCUT2D eigenvalue weighted by atomic mass is 10.1. The molecule has 1 amide bonds. The number of hydrogen-bond donors (Lipinski definition) is 0. The van der Waals surface area contributed by atoms with Crippen molar-refractivity contribution in [3.63, 3.8) is 0 Å². The molecule has 5 nitrogen and oxygen atoms in total. The van der Waals surface area contributed by atoms with Crippen molar-refractivity contribution in [1.29, 1.82) is 0 Å². The molecule has 2 aromatic rings. The molecule has 1 aromatic heterocycles. The van der Waals surface area contributed by atoms with Crippen LogP contribution in [-0.4, -0.2) is 48.7 Å². The van der Waals surface area contributed by atoms with Crippen molar-refractivity contribution in [2.45, 2.75) is 6.54 Å².